The standard InChI is InChI=1S/C14H15N5OS2/c1-10-5-3-4-6-12(10)17-13-16-11(8-21-13)7-19-9-15-18-14(19)22(2)20/h3-6,8-9H,7H2,1-2H3,(H,16,17)/t22-/m1/s1. The van der Waals surface area contributed by atoms with Gasteiger partial charge in [-0.3, -0.25) is 4.21 Å². The Hall–Kier alpha value is -2.06. The number of nitrogens with zero attached hydrogens (tertiary/aromatic N) is 4. The average Bonchev–Trinajstić information content (AvgIpc) is 3.11. The van der Waals surface area contributed by atoms with Crippen molar-refractivity contribution in [1.82, 2.24) is 19.7 Å². The van der Waals surface area contributed by atoms with Crippen LogP contribution >= 0.6 is 11.3 Å². The Morgan fingerprint density at radius 3 is 2.95 bits per heavy atom. The topological polar surface area (TPSA) is 72.7 Å². The number of thiazole rings is 1. The van der Waals surface area contributed by atoms with Crippen molar-refractivity contribution in [1.29, 1.82) is 0 Å². The number of nitrogens with one attached hydrogen (secondary N) is 1. The van der Waals surface area contributed by atoms with Gasteiger partial charge in [0.05, 0.1) is 23.0 Å². The predicted molar refractivity (Wildman–Crippen MR) is 88.0 cm³/mol. The molecule has 0 spiro atoms. The molecular weight excluding hydrogens is 318 g/mol. The minimum absolute atomic E-state index is 0.460. The SMILES string of the molecule is Cc1ccccc1Nc1nc(Cn2cnnc2[S@@](C)=O)cs1. The third-order valence-electron chi connectivity index (χ3n) is 3.11. The molecule has 3 rings (SSSR count). The maximum absolute atomic E-state index is 11.6. The monoisotopic (exact) mass is 333 g/mol. The van der Waals surface area contributed by atoms with Crippen molar-refractivity contribution in [3.63, 3.8) is 0 Å². The van der Waals surface area contributed by atoms with E-state index in [9.17, 15) is 4.21 Å². The third-order valence-corrected chi connectivity index (χ3v) is 4.74. The minimum Gasteiger partial charge on any atom is -0.331 e. The van der Waals surface area contributed by atoms with Crippen LogP contribution in [0.3, 0.4) is 0 Å². The van der Waals surface area contributed by atoms with Gasteiger partial charge in [-0.1, -0.05) is 18.2 Å². The number of aromatic nitrogens is 4. The molecule has 1 atom stereocenters. The first-order valence-electron chi connectivity index (χ1n) is 6.62. The van der Waals surface area contributed by atoms with Gasteiger partial charge >= 0.3 is 0 Å². The van der Waals surface area contributed by atoms with E-state index in [4.69, 9.17) is 0 Å². The van der Waals surface area contributed by atoms with Crippen LogP contribution in [0.15, 0.2) is 41.1 Å². The summed E-state index contributed by atoms with van der Waals surface area (Å²) in [6.45, 7) is 2.56. The molecular formula is C14H15N5OS2. The molecule has 8 heteroatoms. The maximum atomic E-state index is 11.6. The summed E-state index contributed by atoms with van der Waals surface area (Å²) in [4.78, 5) is 4.55. The molecule has 0 amide bonds. The largest absolute Gasteiger partial charge is 0.331 e. The summed E-state index contributed by atoms with van der Waals surface area (Å²) in [7, 11) is -1.16. The van der Waals surface area contributed by atoms with E-state index in [-0.39, 0.29) is 0 Å². The van der Waals surface area contributed by atoms with Crippen molar-refractivity contribution in [2.75, 3.05) is 11.6 Å². The van der Waals surface area contributed by atoms with Crippen LogP contribution in [-0.2, 0) is 17.3 Å². The quantitative estimate of drug-likeness (QED) is 0.777. The Kier molecular flexibility index (Phi) is 4.30. The van der Waals surface area contributed by atoms with E-state index < -0.39 is 10.8 Å². The van der Waals surface area contributed by atoms with Gasteiger partial charge in [-0.15, -0.1) is 21.5 Å². The molecule has 0 unspecified atom stereocenters. The van der Waals surface area contributed by atoms with Crippen LogP contribution in [0.25, 0.3) is 0 Å². The third kappa shape index (κ3) is 3.23. The zero-order valence-electron chi connectivity index (χ0n) is 12.2. The molecule has 0 aliphatic rings. The highest BCUT2D eigenvalue weighted by molar-refractivity contribution is 7.84. The minimum atomic E-state index is -1.16. The molecule has 3 aromatic rings. The molecule has 22 heavy (non-hydrogen) atoms. The molecule has 0 fully saturated rings. The van der Waals surface area contributed by atoms with Gasteiger partial charge in [0, 0.05) is 17.3 Å². The van der Waals surface area contributed by atoms with Gasteiger partial charge in [-0.05, 0) is 18.6 Å². The fourth-order valence-corrected chi connectivity index (χ4v) is 3.33. The Bertz CT molecular complexity index is 811. The number of hydrogen-bond acceptors (Lipinski definition) is 6. The van der Waals surface area contributed by atoms with Crippen molar-refractivity contribution in [2.24, 2.45) is 0 Å². The molecule has 1 aromatic carbocycles. The summed E-state index contributed by atoms with van der Waals surface area (Å²) >= 11 is 1.54. The Morgan fingerprint density at radius 2 is 2.18 bits per heavy atom. The van der Waals surface area contributed by atoms with E-state index in [1.807, 2.05) is 23.6 Å². The van der Waals surface area contributed by atoms with Gasteiger partial charge in [0.25, 0.3) is 0 Å². The lowest BCUT2D eigenvalue weighted by atomic mass is 10.2. The normalized spacial score (nSPS) is 12.3. The second-order valence-corrected chi connectivity index (χ2v) is 6.91. The molecule has 0 radical (unpaired) electrons. The fraction of sp³-hybridized carbons (Fsp3) is 0.214. The highest BCUT2D eigenvalue weighted by atomic mass is 32.2. The first kappa shape index (κ1) is 14.9. The number of anilines is 2. The summed E-state index contributed by atoms with van der Waals surface area (Å²) in [5, 5.41) is 14.3. The summed E-state index contributed by atoms with van der Waals surface area (Å²) in [6, 6.07) is 8.07. The van der Waals surface area contributed by atoms with Crippen LogP contribution in [0.2, 0.25) is 0 Å². The Morgan fingerprint density at radius 1 is 1.36 bits per heavy atom. The fourth-order valence-electron chi connectivity index (χ4n) is 2.02. The molecule has 0 aliphatic heterocycles. The molecule has 0 aliphatic carbocycles. The van der Waals surface area contributed by atoms with E-state index >= 15 is 0 Å². The Labute approximate surface area is 134 Å². The summed E-state index contributed by atoms with van der Waals surface area (Å²) in [5.41, 5.74) is 3.09. The number of aryl methyl sites for hydroxylation is 1. The van der Waals surface area contributed by atoms with Crippen LogP contribution < -0.4 is 5.32 Å². The van der Waals surface area contributed by atoms with Gasteiger partial charge in [0.15, 0.2) is 5.13 Å². The summed E-state index contributed by atoms with van der Waals surface area (Å²) < 4.78 is 13.3. The van der Waals surface area contributed by atoms with E-state index in [0.29, 0.717) is 11.7 Å². The molecule has 0 bridgehead atoms. The lowest BCUT2D eigenvalue weighted by Crippen LogP contribution is -2.05. The van der Waals surface area contributed by atoms with Gasteiger partial charge in [0.2, 0.25) is 5.16 Å². The smallest absolute Gasteiger partial charge is 0.221 e. The zero-order valence-corrected chi connectivity index (χ0v) is 13.8. The van der Waals surface area contributed by atoms with Gasteiger partial charge in [-0.2, -0.15) is 0 Å². The van der Waals surface area contributed by atoms with Gasteiger partial charge < -0.3 is 9.88 Å². The average molecular weight is 333 g/mol. The van der Waals surface area contributed by atoms with Crippen molar-refractivity contribution < 1.29 is 4.21 Å². The van der Waals surface area contributed by atoms with Crippen LogP contribution in [0.5, 0.6) is 0 Å². The number of para-hydroxylation sites is 1. The second kappa shape index (κ2) is 6.37. The molecule has 114 valence electrons. The van der Waals surface area contributed by atoms with Crippen LogP contribution in [-0.4, -0.2) is 30.2 Å². The van der Waals surface area contributed by atoms with Crippen molar-refractivity contribution in [3.05, 3.63) is 47.2 Å². The lowest BCUT2D eigenvalue weighted by Gasteiger charge is -2.05. The second-order valence-electron chi connectivity index (χ2n) is 4.78. The lowest BCUT2D eigenvalue weighted by molar-refractivity contribution is 0.650. The molecule has 2 aromatic heterocycles. The highest BCUT2D eigenvalue weighted by Gasteiger charge is 2.10. The zero-order chi connectivity index (χ0) is 15.5. The van der Waals surface area contributed by atoms with Crippen LogP contribution in [0, 0.1) is 6.92 Å². The predicted octanol–water partition coefficient (Wildman–Crippen LogP) is 2.57. The van der Waals surface area contributed by atoms with Crippen LogP contribution in [0.4, 0.5) is 10.8 Å². The first-order valence-corrected chi connectivity index (χ1v) is 9.05. The Balaban J connectivity index is 1.75. The van der Waals surface area contributed by atoms with Crippen molar-refractivity contribution in [2.45, 2.75) is 18.6 Å². The molecule has 0 saturated heterocycles. The summed E-state index contributed by atoms with van der Waals surface area (Å²) in [5.74, 6) is 0. The number of rotatable bonds is 5. The van der Waals surface area contributed by atoms with E-state index in [0.717, 1.165) is 16.5 Å². The van der Waals surface area contributed by atoms with E-state index in [1.54, 1.807) is 17.2 Å². The van der Waals surface area contributed by atoms with Crippen molar-refractivity contribution in [3.8, 4) is 0 Å². The molecule has 0 saturated carbocycles. The van der Waals surface area contributed by atoms with Crippen LogP contribution in [0.1, 0.15) is 11.3 Å². The molecule has 6 nitrogen and oxygen atoms in total. The first-order chi connectivity index (χ1) is 10.6. The summed E-state index contributed by atoms with van der Waals surface area (Å²) in [6.07, 6.45) is 3.16. The van der Waals surface area contributed by atoms with Gasteiger partial charge in [-0.25, -0.2) is 4.98 Å². The van der Waals surface area contributed by atoms with E-state index in [2.05, 4.69) is 33.5 Å². The number of hydrogen-bond donors (Lipinski definition) is 1. The maximum Gasteiger partial charge on any atom is 0.221 e. The molecule has 1 N–H and O–H groups in total. The van der Waals surface area contributed by atoms with E-state index in [1.165, 1.54) is 16.9 Å². The highest BCUT2D eigenvalue weighted by Crippen LogP contribution is 2.23. The van der Waals surface area contributed by atoms with Gasteiger partial charge in [0.1, 0.15) is 6.33 Å². The molecule has 2 heterocycles. The van der Waals surface area contributed by atoms with Crippen molar-refractivity contribution >= 4 is 33.0 Å². The number of benzene rings is 1.